The van der Waals surface area contributed by atoms with Gasteiger partial charge in [-0.2, -0.15) is 4.98 Å². The highest BCUT2D eigenvalue weighted by molar-refractivity contribution is 9.09. The summed E-state index contributed by atoms with van der Waals surface area (Å²) in [5, 5.41) is 20.4. The van der Waals surface area contributed by atoms with Crippen LogP contribution in [0.15, 0.2) is 6.20 Å². The Morgan fingerprint density at radius 1 is 1.35 bits per heavy atom. The van der Waals surface area contributed by atoms with Gasteiger partial charge in [-0.1, -0.05) is 27.5 Å². The van der Waals surface area contributed by atoms with Crippen LogP contribution in [0.5, 0.6) is 0 Å². The number of alkyl halides is 1. The molecule has 2 rings (SSSR count). The average molecular weight is 341 g/mol. The van der Waals surface area contributed by atoms with Crippen LogP contribution in [0.2, 0.25) is 10.4 Å². The third-order valence-electron chi connectivity index (χ3n) is 2.33. The fourth-order valence-electron chi connectivity index (χ4n) is 1.51. The van der Waals surface area contributed by atoms with E-state index in [-0.39, 0.29) is 15.8 Å². The van der Waals surface area contributed by atoms with Crippen molar-refractivity contribution in [3.8, 4) is 0 Å². The Labute approximate surface area is 115 Å². The molecule has 92 valence electrons. The van der Waals surface area contributed by atoms with Gasteiger partial charge in [-0.25, -0.2) is 4.98 Å². The number of fused-ring (bicyclic) bond motifs is 1. The summed E-state index contributed by atoms with van der Waals surface area (Å²) < 4.78 is 0. The molecule has 0 amide bonds. The summed E-state index contributed by atoms with van der Waals surface area (Å²) in [7, 11) is 0. The molecule has 2 unspecified atom stereocenters. The molecule has 0 saturated carbocycles. The normalized spacial score (nSPS) is 15.1. The summed E-state index contributed by atoms with van der Waals surface area (Å²) in [5.41, 5.74) is 0.861. The van der Waals surface area contributed by atoms with Crippen LogP contribution in [-0.4, -0.2) is 36.6 Å². The Bertz CT molecular complexity index is 548. The molecule has 0 radical (unpaired) electrons. The second-order valence-corrected chi connectivity index (χ2v) is 4.76. The van der Waals surface area contributed by atoms with Gasteiger partial charge in [-0.3, -0.25) is 0 Å². The van der Waals surface area contributed by atoms with E-state index in [0.717, 1.165) is 0 Å². The van der Waals surface area contributed by atoms with E-state index in [1.54, 1.807) is 0 Å². The predicted molar refractivity (Wildman–Crippen MR) is 68.7 cm³/mol. The molecule has 8 heteroatoms. The number of rotatable bonds is 3. The summed E-state index contributed by atoms with van der Waals surface area (Å²) in [4.78, 5) is 10.6. The van der Waals surface area contributed by atoms with Gasteiger partial charge in [0.25, 0.3) is 0 Å². The number of nitrogens with one attached hydrogen (secondary N) is 1. The van der Waals surface area contributed by atoms with Gasteiger partial charge in [0.15, 0.2) is 0 Å². The molecule has 0 aromatic carbocycles. The maximum atomic E-state index is 9.92. The summed E-state index contributed by atoms with van der Waals surface area (Å²) in [6.07, 6.45) is -0.496. The fraction of sp³-hybridized carbons (Fsp3) is 0.333. The third kappa shape index (κ3) is 2.41. The van der Waals surface area contributed by atoms with Crippen LogP contribution in [-0.2, 0) is 0 Å². The van der Waals surface area contributed by atoms with Crippen LogP contribution in [0.4, 0.5) is 0 Å². The molecule has 17 heavy (non-hydrogen) atoms. The van der Waals surface area contributed by atoms with E-state index in [1.807, 2.05) is 0 Å². The molecule has 0 aliphatic heterocycles. The topological polar surface area (TPSA) is 82.0 Å². The van der Waals surface area contributed by atoms with Gasteiger partial charge < -0.3 is 15.2 Å². The fourth-order valence-corrected chi connectivity index (χ4v) is 2.36. The highest BCUT2D eigenvalue weighted by atomic mass is 79.9. The van der Waals surface area contributed by atoms with Crippen molar-refractivity contribution in [2.75, 3.05) is 5.33 Å². The average Bonchev–Trinajstić information content (AvgIpc) is 2.70. The number of aliphatic hydroxyl groups is 2. The number of H-pyrrole nitrogens is 1. The second kappa shape index (κ2) is 5.07. The van der Waals surface area contributed by atoms with Gasteiger partial charge in [-0.15, -0.1) is 0 Å². The molecule has 3 N–H and O–H groups in total. The first-order valence-electron chi connectivity index (χ1n) is 4.66. The van der Waals surface area contributed by atoms with Crippen molar-refractivity contribution in [1.82, 2.24) is 15.0 Å². The van der Waals surface area contributed by atoms with Gasteiger partial charge in [0.05, 0.1) is 11.5 Å². The lowest BCUT2D eigenvalue weighted by molar-refractivity contribution is 0.0352. The molecule has 2 aromatic rings. The van der Waals surface area contributed by atoms with E-state index in [9.17, 15) is 10.2 Å². The lowest BCUT2D eigenvalue weighted by Gasteiger charge is -2.14. The summed E-state index contributed by atoms with van der Waals surface area (Å²) in [6, 6.07) is 0. The summed E-state index contributed by atoms with van der Waals surface area (Å²) in [5.74, 6) is 0. The monoisotopic (exact) mass is 339 g/mol. The summed E-state index contributed by atoms with van der Waals surface area (Å²) >= 11 is 14.7. The van der Waals surface area contributed by atoms with Crippen molar-refractivity contribution < 1.29 is 10.2 Å². The van der Waals surface area contributed by atoms with Gasteiger partial charge >= 0.3 is 0 Å². The van der Waals surface area contributed by atoms with Crippen LogP contribution < -0.4 is 0 Å². The second-order valence-electron chi connectivity index (χ2n) is 3.42. The number of hydrogen-bond acceptors (Lipinski definition) is 4. The Morgan fingerprint density at radius 3 is 2.71 bits per heavy atom. The minimum atomic E-state index is -1.08. The minimum Gasteiger partial charge on any atom is -0.389 e. The standard InChI is InChI=1S/C9H8BrCl2N3O2/c10-1-4(16)6(17)3-2-13-8-5(3)7(11)14-9(12)15-8/h2,4,6,16-17H,1H2,(H,13,14,15). The van der Waals surface area contributed by atoms with Crippen molar-refractivity contribution in [2.24, 2.45) is 0 Å². The zero-order valence-corrected chi connectivity index (χ0v) is 11.5. The lowest BCUT2D eigenvalue weighted by atomic mass is 10.1. The number of hydrogen-bond donors (Lipinski definition) is 3. The van der Waals surface area contributed by atoms with Crippen LogP contribution in [0.1, 0.15) is 11.7 Å². The quantitative estimate of drug-likeness (QED) is 0.453. The SMILES string of the molecule is OC(CBr)C(O)c1c[nH]c2nc(Cl)nc(Cl)c12. The van der Waals surface area contributed by atoms with Crippen molar-refractivity contribution in [3.63, 3.8) is 0 Å². The van der Waals surface area contributed by atoms with Crippen molar-refractivity contribution in [2.45, 2.75) is 12.2 Å². The van der Waals surface area contributed by atoms with Crippen molar-refractivity contribution >= 4 is 50.2 Å². The Balaban J connectivity index is 2.56. The zero-order chi connectivity index (χ0) is 12.6. The number of halogens is 3. The van der Waals surface area contributed by atoms with E-state index in [0.29, 0.717) is 16.6 Å². The molecule has 0 bridgehead atoms. The van der Waals surface area contributed by atoms with E-state index >= 15 is 0 Å². The maximum absolute atomic E-state index is 9.92. The van der Waals surface area contributed by atoms with Crippen LogP contribution in [0, 0.1) is 0 Å². The van der Waals surface area contributed by atoms with Gasteiger partial charge in [0.2, 0.25) is 5.28 Å². The van der Waals surface area contributed by atoms with Crippen LogP contribution >= 0.6 is 39.1 Å². The van der Waals surface area contributed by atoms with Gasteiger partial charge in [-0.05, 0) is 11.6 Å². The molecular weight excluding hydrogens is 333 g/mol. The molecule has 0 aliphatic rings. The summed E-state index contributed by atoms with van der Waals surface area (Å²) in [6.45, 7) is 0. The number of aromatic nitrogens is 3. The maximum Gasteiger partial charge on any atom is 0.225 e. The lowest BCUT2D eigenvalue weighted by Crippen LogP contribution is -2.19. The highest BCUT2D eigenvalue weighted by Crippen LogP contribution is 2.31. The third-order valence-corrected chi connectivity index (χ3v) is 3.44. The zero-order valence-electron chi connectivity index (χ0n) is 8.36. The van der Waals surface area contributed by atoms with Crippen LogP contribution in [0.25, 0.3) is 11.0 Å². The first kappa shape index (κ1) is 13.0. The molecule has 2 heterocycles. The Kier molecular flexibility index (Phi) is 3.89. The van der Waals surface area contributed by atoms with E-state index in [1.165, 1.54) is 6.20 Å². The van der Waals surface area contributed by atoms with E-state index < -0.39 is 12.2 Å². The number of aromatic amines is 1. The largest absolute Gasteiger partial charge is 0.389 e. The molecule has 2 atom stereocenters. The molecule has 2 aromatic heterocycles. The van der Waals surface area contributed by atoms with Crippen molar-refractivity contribution in [3.05, 3.63) is 22.2 Å². The van der Waals surface area contributed by atoms with Gasteiger partial charge in [0.1, 0.15) is 16.9 Å². The van der Waals surface area contributed by atoms with E-state index in [2.05, 4.69) is 30.9 Å². The van der Waals surface area contributed by atoms with Crippen LogP contribution in [0.3, 0.4) is 0 Å². The molecule has 0 aliphatic carbocycles. The highest BCUT2D eigenvalue weighted by Gasteiger charge is 2.23. The molecule has 0 fully saturated rings. The Hall–Kier alpha value is -0.400. The number of nitrogens with zero attached hydrogens (tertiary/aromatic N) is 2. The molecule has 5 nitrogen and oxygen atoms in total. The van der Waals surface area contributed by atoms with E-state index in [4.69, 9.17) is 23.2 Å². The predicted octanol–water partition coefficient (Wildman–Crippen LogP) is 2.05. The first-order chi connectivity index (χ1) is 8.04. The first-order valence-corrected chi connectivity index (χ1v) is 6.54. The minimum absolute atomic E-state index is 0.0198. The molecule has 0 spiro atoms. The molecule has 0 saturated heterocycles. The van der Waals surface area contributed by atoms with Gasteiger partial charge in [0, 0.05) is 17.1 Å². The molecular formula is C9H8BrCl2N3O2. The van der Waals surface area contributed by atoms with Crippen molar-refractivity contribution in [1.29, 1.82) is 0 Å². The smallest absolute Gasteiger partial charge is 0.225 e. The number of aliphatic hydroxyl groups excluding tert-OH is 2. The Morgan fingerprint density at radius 2 is 2.06 bits per heavy atom.